The molecule has 1 heterocycles. The Bertz CT molecular complexity index is 1240. The van der Waals surface area contributed by atoms with E-state index in [2.05, 4.69) is 41.9 Å². The van der Waals surface area contributed by atoms with Crippen LogP contribution < -0.4 is 14.8 Å². The van der Waals surface area contributed by atoms with Crippen molar-refractivity contribution in [2.45, 2.75) is 39.2 Å². The Labute approximate surface area is 206 Å². The standard InChI is InChI=1S/C29H33N3O3/c1-21(2)22-9-15-25(16-10-22)35-20-6-19-32-27-8-5-4-7-26(27)31-28(32)17-18-30-29(33)23-11-13-24(34-3)14-12-23/h4-5,7-16,21H,6,17-20H2,1-3H3,(H,30,33). The Morgan fingerprint density at radius 2 is 1.69 bits per heavy atom. The predicted molar refractivity (Wildman–Crippen MR) is 139 cm³/mol. The van der Waals surface area contributed by atoms with Crippen molar-refractivity contribution >= 4 is 16.9 Å². The van der Waals surface area contributed by atoms with E-state index in [-0.39, 0.29) is 5.91 Å². The van der Waals surface area contributed by atoms with E-state index in [1.54, 1.807) is 31.4 Å². The summed E-state index contributed by atoms with van der Waals surface area (Å²) in [6, 6.07) is 23.6. The molecule has 0 bridgehead atoms. The molecular weight excluding hydrogens is 438 g/mol. The molecule has 1 N–H and O–H groups in total. The van der Waals surface area contributed by atoms with Crippen molar-refractivity contribution in [1.29, 1.82) is 0 Å². The minimum Gasteiger partial charge on any atom is -0.497 e. The summed E-state index contributed by atoms with van der Waals surface area (Å²) >= 11 is 0. The lowest BCUT2D eigenvalue weighted by Gasteiger charge is -2.12. The molecule has 1 aromatic heterocycles. The second-order valence-electron chi connectivity index (χ2n) is 8.83. The number of carbonyl (C=O) groups excluding carboxylic acids is 1. The highest BCUT2D eigenvalue weighted by Crippen LogP contribution is 2.20. The maximum absolute atomic E-state index is 12.5. The van der Waals surface area contributed by atoms with Gasteiger partial charge in [-0.1, -0.05) is 38.1 Å². The lowest BCUT2D eigenvalue weighted by molar-refractivity contribution is 0.0954. The van der Waals surface area contributed by atoms with Gasteiger partial charge < -0.3 is 19.4 Å². The third-order valence-electron chi connectivity index (χ3n) is 6.06. The second-order valence-corrected chi connectivity index (χ2v) is 8.83. The molecule has 0 aliphatic rings. The van der Waals surface area contributed by atoms with Gasteiger partial charge in [0, 0.05) is 25.1 Å². The van der Waals surface area contributed by atoms with Crippen LogP contribution >= 0.6 is 0 Å². The molecule has 0 fully saturated rings. The summed E-state index contributed by atoms with van der Waals surface area (Å²) < 4.78 is 13.4. The Balaban J connectivity index is 1.34. The van der Waals surface area contributed by atoms with Crippen molar-refractivity contribution in [3.05, 3.63) is 89.7 Å². The van der Waals surface area contributed by atoms with Gasteiger partial charge in [-0.15, -0.1) is 0 Å². The van der Waals surface area contributed by atoms with Gasteiger partial charge in [0.15, 0.2) is 0 Å². The van der Waals surface area contributed by atoms with Crippen molar-refractivity contribution in [2.24, 2.45) is 0 Å². The zero-order valence-electron chi connectivity index (χ0n) is 20.7. The van der Waals surface area contributed by atoms with E-state index in [0.29, 0.717) is 31.1 Å². The largest absolute Gasteiger partial charge is 0.497 e. The Morgan fingerprint density at radius 3 is 2.40 bits per heavy atom. The molecule has 35 heavy (non-hydrogen) atoms. The number of nitrogens with zero attached hydrogens (tertiary/aromatic N) is 2. The molecule has 6 nitrogen and oxygen atoms in total. The van der Waals surface area contributed by atoms with Gasteiger partial charge in [0.05, 0.1) is 24.8 Å². The van der Waals surface area contributed by atoms with Crippen LogP contribution in [0, 0.1) is 0 Å². The molecule has 0 saturated carbocycles. The van der Waals surface area contributed by atoms with Crippen LogP contribution in [0.3, 0.4) is 0 Å². The highest BCUT2D eigenvalue weighted by Gasteiger charge is 2.12. The fraction of sp³-hybridized carbons (Fsp3) is 0.310. The molecule has 1 amide bonds. The summed E-state index contributed by atoms with van der Waals surface area (Å²) in [6.45, 7) is 6.31. The van der Waals surface area contributed by atoms with Gasteiger partial charge in [-0.05, 0) is 66.4 Å². The third-order valence-corrected chi connectivity index (χ3v) is 6.06. The molecule has 6 heteroatoms. The van der Waals surface area contributed by atoms with Gasteiger partial charge in [-0.25, -0.2) is 4.98 Å². The number of fused-ring (bicyclic) bond motifs is 1. The fourth-order valence-electron chi connectivity index (χ4n) is 4.06. The van der Waals surface area contributed by atoms with Gasteiger partial charge in [-0.2, -0.15) is 0 Å². The molecule has 0 saturated heterocycles. The summed E-state index contributed by atoms with van der Waals surface area (Å²) in [4.78, 5) is 17.3. The normalized spacial score (nSPS) is 11.1. The zero-order valence-corrected chi connectivity index (χ0v) is 20.7. The molecule has 4 aromatic rings. The predicted octanol–water partition coefficient (Wildman–Crippen LogP) is 5.61. The van der Waals surface area contributed by atoms with Crippen LogP contribution in [0.25, 0.3) is 11.0 Å². The Hall–Kier alpha value is -3.80. The van der Waals surface area contributed by atoms with Crippen molar-refractivity contribution in [1.82, 2.24) is 14.9 Å². The molecule has 4 rings (SSSR count). The molecule has 3 aromatic carbocycles. The molecule has 0 aliphatic heterocycles. The molecule has 0 radical (unpaired) electrons. The molecule has 0 spiro atoms. The number of methoxy groups -OCH3 is 1. The minimum absolute atomic E-state index is 0.104. The molecular formula is C29H33N3O3. The SMILES string of the molecule is COc1ccc(C(=O)NCCc2nc3ccccc3n2CCCOc2ccc(C(C)C)cc2)cc1. The number of hydrogen-bond donors (Lipinski definition) is 1. The van der Waals surface area contributed by atoms with E-state index in [4.69, 9.17) is 14.5 Å². The monoisotopic (exact) mass is 471 g/mol. The number of amides is 1. The van der Waals surface area contributed by atoms with Crippen molar-refractivity contribution in [3.8, 4) is 11.5 Å². The summed E-state index contributed by atoms with van der Waals surface area (Å²) in [5.41, 5.74) is 3.99. The number of ether oxygens (including phenoxy) is 2. The number of aryl methyl sites for hydroxylation is 1. The van der Waals surface area contributed by atoms with Gasteiger partial charge in [0.25, 0.3) is 5.91 Å². The smallest absolute Gasteiger partial charge is 0.251 e. The van der Waals surface area contributed by atoms with E-state index in [0.717, 1.165) is 41.3 Å². The molecule has 0 unspecified atom stereocenters. The first kappa shape index (κ1) is 24.3. The molecule has 182 valence electrons. The van der Waals surface area contributed by atoms with Gasteiger partial charge in [-0.3, -0.25) is 4.79 Å². The van der Waals surface area contributed by atoms with Crippen molar-refractivity contribution < 1.29 is 14.3 Å². The van der Waals surface area contributed by atoms with Gasteiger partial charge in [0.2, 0.25) is 0 Å². The minimum atomic E-state index is -0.104. The maximum atomic E-state index is 12.5. The van der Waals surface area contributed by atoms with E-state index in [1.165, 1.54) is 5.56 Å². The number of rotatable bonds is 11. The van der Waals surface area contributed by atoms with Crippen LogP contribution in [0.1, 0.15) is 47.9 Å². The number of imidazole rings is 1. The van der Waals surface area contributed by atoms with Crippen molar-refractivity contribution in [2.75, 3.05) is 20.3 Å². The van der Waals surface area contributed by atoms with Crippen LogP contribution in [0.2, 0.25) is 0 Å². The Morgan fingerprint density at radius 1 is 0.971 bits per heavy atom. The first-order valence-corrected chi connectivity index (χ1v) is 12.1. The number of benzene rings is 3. The van der Waals surface area contributed by atoms with Gasteiger partial charge in [0.1, 0.15) is 17.3 Å². The summed E-state index contributed by atoms with van der Waals surface area (Å²) in [5, 5.41) is 3.00. The summed E-state index contributed by atoms with van der Waals surface area (Å²) in [7, 11) is 1.61. The Kier molecular flexibility index (Phi) is 8.03. The van der Waals surface area contributed by atoms with Crippen LogP contribution in [-0.4, -0.2) is 35.7 Å². The van der Waals surface area contributed by atoms with Crippen LogP contribution in [-0.2, 0) is 13.0 Å². The van der Waals surface area contributed by atoms with Crippen LogP contribution in [0.4, 0.5) is 0 Å². The van der Waals surface area contributed by atoms with E-state index < -0.39 is 0 Å². The second kappa shape index (κ2) is 11.6. The third kappa shape index (κ3) is 6.21. The van der Waals surface area contributed by atoms with Crippen LogP contribution in [0.15, 0.2) is 72.8 Å². The fourth-order valence-corrected chi connectivity index (χ4v) is 4.06. The lowest BCUT2D eigenvalue weighted by atomic mass is 10.0. The average Bonchev–Trinajstić information content (AvgIpc) is 3.24. The van der Waals surface area contributed by atoms with E-state index in [1.807, 2.05) is 30.3 Å². The molecule has 0 atom stereocenters. The summed E-state index contributed by atoms with van der Waals surface area (Å²) in [5.74, 6) is 2.99. The molecule has 0 aliphatic carbocycles. The van der Waals surface area contributed by atoms with Crippen LogP contribution in [0.5, 0.6) is 11.5 Å². The average molecular weight is 472 g/mol. The number of nitrogens with one attached hydrogen (secondary N) is 1. The first-order chi connectivity index (χ1) is 17.0. The van der Waals surface area contributed by atoms with Gasteiger partial charge >= 0.3 is 0 Å². The number of para-hydroxylation sites is 2. The van der Waals surface area contributed by atoms with E-state index in [9.17, 15) is 4.79 Å². The quantitative estimate of drug-likeness (QED) is 0.289. The number of carbonyl (C=O) groups is 1. The van der Waals surface area contributed by atoms with Crippen molar-refractivity contribution in [3.63, 3.8) is 0 Å². The highest BCUT2D eigenvalue weighted by molar-refractivity contribution is 5.94. The van der Waals surface area contributed by atoms with E-state index >= 15 is 0 Å². The zero-order chi connectivity index (χ0) is 24.6. The number of hydrogen-bond acceptors (Lipinski definition) is 4. The number of aromatic nitrogens is 2. The lowest BCUT2D eigenvalue weighted by Crippen LogP contribution is -2.26. The summed E-state index contributed by atoms with van der Waals surface area (Å²) in [6.07, 6.45) is 1.51. The topological polar surface area (TPSA) is 65.4 Å². The highest BCUT2D eigenvalue weighted by atomic mass is 16.5. The maximum Gasteiger partial charge on any atom is 0.251 e. The first-order valence-electron chi connectivity index (χ1n) is 12.1.